The molecular formula is C8H14O5S2. The lowest BCUT2D eigenvalue weighted by Gasteiger charge is -2.12. The molecule has 7 heteroatoms. The van der Waals surface area contributed by atoms with Crippen molar-refractivity contribution in [1.82, 2.24) is 0 Å². The largest absolute Gasteiger partial charge is 0.455 e. The summed E-state index contributed by atoms with van der Waals surface area (Å²) in [5.74, 6) is -0.834. The Hall–Kier alpha value is -0.400. The Morgan fingerprint density at radius 1 is 1.27 bits per heavy atom. The van der Waals surface area contributed by atoms with Crippen molar-refractivity contribution in [1.29, 1.82) is 0 Å². The summed E-state index contributed by atoms with van der Waals surface area (Å²) in [6.07, 6.45) is -0.586. The fourth-order valence-corrected chi connectivity index (χ4v) is 0.927. The zero-order chi connectivity index (χ0) is 11.7. The Balaban J connectivity index is 3.50. The third-order valence-electron chi connectivity index (χ3n) is 1.31. The van der Waals surface area contributed by atoms with E-state index in [0.29, 0.717) is 0 Å². The van der Waals surface area contributed by atoms with E-state index in [4.69, 9.17) is 9.47 Å². The Labute approximate surface area is 99.3 Å². The fraction of sp³-hybridized carbons (Fsp3) is 0.750. The first kappa shape index (κ1) is 14.6. The van der Waals surface area contributed by atoms with Crippen LogP contribution >= 0.6 is 25.3 Å². The van der Waals surface area contributed by atoms with E-state index < -0.39 is 18.2 Å². The molecule has 0 fully saturated rings. The average Bonchev–Trinajstić information content (AvgIpc) is 2.18. The number of esters is 2. The average molecular weight is 254 g/mol. The van der Waals surface area contributed by atoms with Crippen LogP contribution in [0.5, 0.6) is 0 Å². The van der Waals surface area contributed by atoms with Crippen molar-refractivity contribution < 1.29 is 23.8 Å². The van der Waals surface area contributed by atoms with Gasteiger partial charge in [0.05, 0.1) is 18.8 Å². The Morgan fingerprint density at radius 2 is 1.93 bits per heavy atom. The lowest BCUT2D eigenvalue weighted by atomic mass is 10.5. The summed E-state index contributed by atoms with van der Waals surface area (Å²) in [7, 11) is 0. The van der Waals surface area contributed by atoms with Crippen molar-refractivity contribution >= 4 is 37.2 Å². The highest BCUT2D eigenvalue weighted by molar-refractivity contribution is 7.81. The molecule has 0 radical (unpaired) electrons. The molecule has 0 aliphatic rings. The molecular weight excluding hydrogens is 240 g/mol. The summed E-state index contributed by atoms with van der Waals surface area (Å²) in [4.78, 5) is 21.6. The Morgan fingerprint density at radius 3 is 2.47 bits per heavy atom. The van der Waals surface area contributed by atoms with Gasteiger partial charge in [-0.15, -0.1) is 12.6 Å². The van der Waals surface area contributed by atoms with E-state index >= 15 is 0 Å². The summed E-state index contributed by atoms with van der Waals surface area (Å²) in [5.41, 5.74) is 0. The van der Waals surface area contributed by atoms with Gasteiger partial charge in [-0.05, 0) is 6.92 Å². The minimum Gasteiger partial charge on any atom is -0.455 e. The number of rotatable bonds is 7. The number of hydrogen-bond acceptors (Lipinski definition) is 7. The van der Waals surface area contributed by atoms with Gasteiger partial charge in [0.1, 0.15) is 5.94 Å². The molecule has 0 rings (SSSR count). The van der Waals surface area contributed by atoms with Crippen LogP contribution in [0.25, 0.3) is 0 Å². The second kappa shape index (κ2) is 8.87. The van der Waals surface area contributed by atoms with Gasteiger partial charge in [0, 0.05) is 0 Å². The van der Waals surface area contributed by atoms with Crippen LogP contribution in [0.2, 0.25) is 0 Å². The van der Waals surface area contributed by atoms with Crippen LogP contribution < -0.4 is 0 Å². The molecule has 0 aromatic heterocycles. The monoisotopic (exact) mass is 254 g/mol. The third-order valence-corrected chi connectivity index (χ3v) is 1.70. The van der Waals surface area contributed by atoms with Gasteiger partial charge in [0.2, 0.25) is 0 Å². The van der Waals surface area contributed by atoms with Crippen molar-refractivity contribution in [2.45, 2.75) is 19.6 Å². The van der Waals surface area contributed by atoms with E-state index in [1.807, 2.05) is 0 Å². The highest BCUT2D eigenvalue weighted by atomic mass is 32.1. The van der Waals surface area contributed by atoms with Crippen molar-refractivity contribution in [2.24, 2.45) is 0 Å². The van der Waals surface area contributed by atoms with Gasteiger partial charge in [-0.2, -0.15) is 12.6 Å². The van der Waals surface area contributed by atoms with Crippen LogP contribution in [0, 0.1) is 0 Å². The maximum Gasteiger partial charge on any atom is 0.317 e. The number of thiol groups is 2. The number of carbonyl (C=O) groups excluding carboxylic acids is 2. The standard InChI is InChI=1S/C8H14O5S2/c1-6(13-8(10)4-14)11-3-2-7(9)12-5-15/h6,14-15H,2-5H2,1H3. The molecule has 15 heavy (non-hydrogen) atoms. The maximum absolute atomic E-state index is 10.8. The lowest BCUT2D eigenvalue weighted by molar-refractivity contribution is -0.172. The van der Waals surface area contributed by atoms with Crippen LogP contribution in [0.3, 0.4) is 0 Å². The second-order valence-electron chi connectivity index (χ2n) is 2.48. The molecule has 0 saturated carbocycles. The van der Waals surface area contributed by atoms with Crippen molar-refractivity contribution in [2.75, 3.05) is 18.3 Å². The first-order valence-electron chi connectivity index (χ1n) is 4.28. The quantitative estimate of drug-likeness (QED) is 0.397. The van der Waals surface area contributed by atoms with E-state index in [9.17, 15) is 9.59 Å². The summed E-state index contributed by atoms with van der Waals surface area (Å²) in [6.45, 7) is 1.69. The maximum atomic E-state index is 10.8. The number of hydrogen-bond donors (Lipinski definition) is 2. The summed E-state index contributed by atoms with van der Waals surface area (Å²) >= 11 is 7.45. The van der Waals surface area contributed by atoms with Gasteiger partial charge in [0.15, 0.2) is 6.29 Å². The highest BCUT2D eigenvalue weighted by Gasteiger charge is 2.09. The predicted molar refractivity (Wildman–Crippen MR) is 59.9 cm³/mol. The van der Waals surface area contributed by atoms with Gasteiger partial charge in [-0.25, -0.2) is 0 Å². The van der Waals surface area contributed by atoms with Gasteiger partial charge in [-0.1, -0.05) is 0 Å². The van der Waals surface area contributed by atoms with Crippen LogP contribution in [-0.4, -0.2) is 36.5 Å². The minimum atomic E-state index is -0.687. The molecule has 1 unspecified atom stereocenters. The number of carbonyl (C=O) groups is 2. The van der Waals surface area contributed by atoms with Crippen molar-refractivity contribution in [3.63, 3.8) is 0 Å². The molecule has 0 heterocycles. The predicted octanol–water partition coefficient (Wildman–Crippen LogP) is 0.643. The molecule has 0 amide bonds. The van der Waals surface area contributed by atoms with E-state index in [2.05, 4.69) is 30.0 Å². The summed E-state index contributed by atoms with van der Waals surface area (Å²) < 4.78 is 14.3. The molecule has 1 atom stereocenters. The van der Waals surface area contributed by atoms with Crippen molar-refractivity contribution in [3.8, 4) is 0 Å². The zero-order valence-electron chi connectivity index (χ0n) is 8.34. The normalized spacial score (nSPS) is 11.9. The minimum absolute atomic E-state index is 0.00457. The molecule has 0 spiro atoms. The van der Waals surface area contributed by atoms with Crippen LogP contribution in [0.4, 0.5) is 0 Å². The molecule has 0 aliphatic heterocycles. The number of ether oxygens (including phenoxy) is 3. The zero-order valence-corrected chi connectivity index (χ0v) is 10.1. The smallest absolute Gasteiger partial charge is 0.317 e. The molecule has 0 bridgehead atoms. The van der Waals surface area contributed by atoms with Gasteiger partial charge in [-0.3, -0.25) is 9.59 Å². The Bertz CT molecular complexity index is 209. The van der Waals surface area contributed by atoms with E-state index in [0.717, 1.165) is 0 Å². The SMILES string of the molecule is CC(OCCC(=O)OCS)OC(=O)CS. The third kappa shape index (κ3) is 8.59. The van der Waals surface area contributed by atoms with E-state index in [1.165, 1.54) is 0 Å². The van der Waals surface area contributed by atoms with E-state index in [-0.39, 0.29) is 24.7 Å². The second-order valence-corrected chi connectivity index (χ2v) is 3.06. The van der Waals surface area contributed by atoms with Crippen LogP contribution in [0.15, 0.2) is 0 Å². The highest BCUT2D eigenvalue weighted by Crippen LogP contribution is 1.98. The molecule has 0 aromatic rings. The molecule has 0 aliphatic carbocycles. The lowest BCUT2D eigenvalue weighted by Crippen LogP contribution is -2.20. The summed E-state index contributed by atoms with van der Waals surface area (Å²) in [6, 6.07) is 0. The fourth-order valence-electron chi connectivity index (χ4n) is 0.709. The van der Waals surface area contributed by atoms with Crippen LogP contribution in [0.1, 0.15) is 13.3 Å². The topological polar surface area (TPSA) is 61.8 Å². The van der Waals surface area contributed by atoms with Crippen LogP contribution in [-0.2, 0) is 23.8 Å². The van der Waals surface area contributed by atoms with Gasteiger partial charge >= 0.3 is 11.9 Å². The Kier molecular flexibility index (Phi) is 8.64. The molecule has 88 valence electrons. The first-order valence-corrected chi connectivity index (χ1v) is 5.55. The van der Waals surface area contributed by atoms with Crippen molar-refractivity contribution in [3.05, 3.63) is 0 Å². The molecule has 5 nitrogen and oxygen atoms in total. The van der Waals surface area contributed by atoms with Gasteiger partial charge in [0.25, 0.3) is 0 Å². The molecule has 0 N–H and O–H groups in total. The molecule has 0 saturated heterocycles. The summed E-state index contributed by atoms with van der Waals surface area (Å²) in [5, 5.41) is 0. The van der Waals surface area contributed by atoms with Gasteiger partial charge < -0.3 is 14.2 Å². The first-order chi connectivity index (χ1) is 7.10. The van der Waals surface area contributed by atoms with E-state index in [1.54, 1.807) is 6.92 Å². The molecule has 0 aromatic carbocycles.